The summed E-state index contributed by atoms with van der Waals surface area (Å²) in [5, 5.41) is 10.4. The first-order valence-electron chi connectivity index (χ1n) is 7.41. The van der Waals surface area contributed by atoms with E-state index in [2.05, 4.69) is 20.9 Å². The maximum atomic E-state index is 11.7. The lowest BCUT2D eigenvalue weighted by molar-refractivity contribution is -0.128. The fourth-order valence-corrected chi connectivity index (χ4v) is 2.16. The van der Waals surface area contributed by atoms with Crippen molar-refractivity contribution in [3.05, 3.63) is 33.8 Å². The van der Waals surface area contributed by atoms with E-state index in [1.165, 1.54) is 0 Å². The minimum absolute atomic E-state index is 0.0233. The van der Waals surface area contributed by atoms with E-state index in [0.29, 0.717) is 35.6 Å². The molecular formula is C16H24Cl2N4O. The molecule has 5 nitrogen and oxygen atoms in total. The molecule has 128 valence electrons. The largest absolute Gasteiger partial charge is 0.355 e. The molecule has 0 aliphatic carbocycles. The molecule has 1 amide bonds. The smallest absolute Gasteiger partial charge is 0.225 e. The zero-order valence-electron chi connectivity index (χ0n) is 14.0. The van der Waals surface area contributed by atoms with Gasteiger partial charge in [0, 0.05) is 42.1 Å². The maximum Gasteiger partial charge on any atom is 0.225 e. The van der Waals surface area contributed by atoms with Crippen molar-refractivity contribution < 1.29 is 4.79 Å². The first-order chi connectivity index (χ1) is 10.7. The molecule has 1 rings (SSSR count). The van der Waals surface area contributed by atoms with Gasteiger partial charge in [0.25, 0.3) is 0 Å². The molecule has 0 aliphatic rings. The zero-order chi connectivity index (χ0) is 17.5. The van der Waals surface area contributed by atoms with Gasteiger partial charge in [-0.05, 0) is 17.7 Å². The summed E-state index contributed by atoms with van der Waals surface area (Å²) in [6, 6.07) is 5.37. The van der Waals surface area contributed by atoms with Gasteiger partial charge in [0.15, 0.2) is 5.96 Å². The van der Waals surface area contributed by atoms with Gasteiger partial charge in [0.05, 0.1) is 0 Å². The predicted molar refractivity (Wildman–Crippen MR) is 97.1 cm³/mol. The Kier molecular flexibility index (Phi) is 7.65. The number of benzene rings is 1. The van der Waals surface area contributed by atoms with Crippen LogP contribution >= 0.6 is 23.2 Å². The van der Waals surface area contributed by atoms with Crippen molar-refractivity contribution in [2.24, 2.45) is 10.4 Å². The Bertz CT molecular complexity index is 568. The number of guanidine groups is 1. The first kappa shape index (κ1) is 19.6. The number of hydrogen-bond acceptors (Lipinski definition) is 2. The molecule has 3 N–H and O–H groups in total. The van der Waals surface area contributed by atoms with Crippen LogP contribution in [0.15, 0.2) is 23.2 Å². The number of nitrogens with zero attached hydrogens (tertiary/aromatic N) is 1. The van der Waals surface area contributed by atoms with Crippen molar-refractivity contribution in [1.29, 1.82) is 0 Å². The van der Waals surface area contributed by atoms with Crippen molar-refractivity contribution in [1.82, 2.24) is 16.0 Å². The normalized spacial score (nSPS) is 12.0. The lowest BCUT2D eigenvalue weighted by Crippen LogP contribution is -2.43. The maximum absolute atomic E-state index is 11.7. The van der Waals surface area contributed by atoms with Crippen LogP contribution in [0.5, 0.6) is 0 Å². The molecule has 7 heteroatoms. The van der Waals surface area contributed by atoms with E-state index in [4.69, 9.17) is 23.2 Å². The van der Waals surface area contributed by atoms with Gasteiger partial charge in [0.2, 0.25) is 5.91 Å². The minimum Gasteiger partial charge on any atom is -0.355 e. The van der Waals surface area contributed by atoms with Gasteiger partial charge < -0.3 is 16.0 Å². The Morgan fingerprint density at radius 2 is 1.78 bits per heavy atom. The van der Waals surface area contributed by atoms with Crippen LogP contribution in [0.2, 0.25) is 10.0 Å². The second-order valence-electron chi connectivity index (χ2n) is 6.09. The van der Waals surface area contributed by atoms with E-state index in [1.807, 2.05) is 26.8 Å². The van der Waals surface area contributed by atoms with Gasteiger partial charge in [-0.25, -0.2) is 0 Å². The van der Waals surface area contributed by atoms with E-state index in [1.54, 1.807) is 19.2 Å². The molecule has 0 aliphatic heterocycles. The third-order valence-corrected chi connectivity index (χ3v) is 3.66. The topological polar surface area (TPSA) is 65.5 Å². The van der Waals surface area contributed by atoms with Crippen LogP contribution in [0, 0.1) is 5.41 Å². The van der Waals surface area contributed by atoms with Crippen LogP contribution in [0.4, 0.5) is 0 Å². The number of carbonyl (C=O) groups excluding carboxylic acids is 1. The Morgan fingerprint density at radius 3 is 2.35 bits per heavy atom. The van der Waals surface area contributed by atoms with E-state index in [0.717, 1.165) is 5.56 Å². The Hall–Kier alpha value is -1.46. The van der Waals surface area contributed by atoms with Crippen molar-refractivity contribution in [3.63, 3.8) is 0 Å². The Balaban J connectivity index is 2.37. The third-order valence-electron chi connectivity index (χ3n) is 3.07. The molecule has 0 saturated carbocycles. The number of rotatable bonds is 5. The summed E-state index contributed by atoms with van der Waals surface area (Å²) >= 11 is 12.0. The number of halogens is 2. The number of carbonyl (C=O) groups is 1. The molecule has 0 heterocycles. The highest BCUT2D eigenvalue weighted by molar-refractivity contribution is 6.35. The summed E-state index contributed by atoms with van der Waals surface area (Å²) < 4.78 is 0. The van der Waals surface area contributed by atoms with Crippen LogP contribution in [0.1, 0.15) is 26.3 Å². The molecule has 1 aromatic carbocycles. The quantitative estimate of drug-likeness (QED) is 0.430. The van der Waals surface area contributed by atoms with E-state index in [9.17, 15) is 4.79 Å². The summed E-state index contributed by atoms with van der Waals surface area (Å²) in [7, 11) is 1.69. The van der Waals surface area contributed by atoms with E-state index in [-0.39, 0.29) is 11.3 Å². The van der Waals surface area contributed by atoms with Crippen LogP contribution in [-0.4, -0.2) is 32.0 Å². The molecule has 0 fully saturated rings. The fourth-order valence-electron chi connectivity index (χ4n) is 1.69. The lowest BCUT2D eigenvalue weighted by atomic mass is 9.96. The van der Waals surface area contributed by atoms with E-state index >= 15 is 0 Å². The van der Waals surface area contributed by atoms with Gasteiger partial charge in [-0.1, -0.05) is 50.0 Å². The fraction of sp³-hybridized carbons (Fsp3) is 0.500. The van der Waals surface area contributed by atoms with Crippen molar-refractivity contribution in [2.45, 2.75) is 27.3 Å². The average Bonchev–Trinajstić information content (AvgIpc) is 2.46. The lowest BCUT2D eigenvalue weighted by Gasteiger charge is -2.18. The van der Waals surface area contributed by atoms with Gasteiger partial charge >= 0.3 is 0 Å². The number of nitrogens with one attached hydrogen (secondary N) is 3. The van der Waals surface area contributed by atoms with Gasteiger partial charge in [-0.2, -0.15) is 0 Å². The number of amides is 1. The Morgan fingerprint density at radius 1 is 1.13 bits per heavy atom. The Labute approximate surface area is 147 Å². The molecule has 0 saturated heterocycles. The molecule has 0 bridgehead atoms. The summed E-state index contributed by atoms with van der Waals surface area (Å²) in [4.78, 5) is 15.9. The first-order valence-corrected chi connectivity index (χ1v) is 8.16. The molecule has 0 atom stereocenters. The zero-order valence-corrected chi connectivity index (χ0v) is 15.5. The van der Waals surface area contributed by atoms with E-state index < -0.39 is 0 Å². The molecule has 0 radical (unpaired) electrons. The standard InChI is InChI=1S/C16H24Cl2N4O/c1-16(2,3)14(23)20-7-8-21-15(19-4)22-10-11-5-6-12(17)9-13(11)18/h5-6,9H,7-8,10H2,1-4H3,(H,20,23)(H2,19,21,22). The van der Waals surface area contributed by atoms with Crippen molar-refractivity contribution >= 4 is 35.1 Å². The molecule has 0 aromatic heterocycles. The minimum atomic E-state index is -0.384. The molecule has 1 aromatic rings. The molecule has 0 spiro atoms. The highest BCUT2D eigenvalue weighted by Gasteiger charge is 2.20. The van der Waals surface area contributed by atoms with Gasteiger partial charge in [-0.15, -0.1) is 0 Å². The summed E-state index contributed by atoms with van der Waals surface area (Å²) in [5.41, 5.74) is 0.547. The van der Waals surface area contributed by atoms with Gasteiger partial charge in [0.1, 0.15) is 0 Å². The second kappa shape index (κ2) is 8.99. The monoisotopic (exact) mass is 358 g/mol. The average molecular weight is 359 g/mol. The SMILES string of the molecule is CN=C(NCCNC(=O)C(C)(C)C)NCc1ccc(Cl)cc1Cl. The number of hydrogen-bond donors (Lipinski definition) is 3. The van der Waals surface area contributed by atoms with Crippen LogP contribution in [0.25, 0.3) is 0 Å². The second-order valence-corrected chi connectivity index (χ2v) is 6.94. The highest BCUT2D eigenvalue weighted by Crippen LogP contribution is 2.20. The summed E-state index contributed by atoms with van der Waals surface area (Å²) in [6.45, 7) is 7.28. The molecular weight excluding hydrogens is 335 g/mol. The summed E-state index contributed by atoms with van der Waals surface area (Å²) in [6.07, 6.45) is 0. The van der Waals surface area contributed by atoms with Gasteiger partial charge in [-0.3, -0.25) is 9.79 Å². The van der Waals surface area contributed by atoms with Crippen LogP contribution < -0.4 is 16.0 Å². The van der Waals surface area contributed by atoms with Crippen molar-refractivity contribution in [2.75, 3.05) is 20.1 Å². The van der Waals surface area contributed by atoms with Crippen LogP contribution in [0.3, 0.4) is 0 Å². The third kappa shape index (κ3) is 7.10. The van der Waals surface area contributed by atoms with Crippen LogP contribution in [-0.2, 0) is 11.3 Å². The predicted octanol–water partition coefficient (Wildman–Crippen LogP) is 2.82. The summed E-state index contributed by atoms with van der Waals surface area (Å²) in [5.74, 6) is 0.663. The van der Waals surface area contributed by atoms with Crippen molar-refractivity contribution in [3.8, 4) is 0 Å². The molecule has 0 unspecified atom stereocenters. The molecule has 23 heavy (non-hydrogen) atoms. The highest BCUT2D eigenvalue weighted by atomic mass is 35.5. The number of aliphatic imine (C=N–C) groups is 1.